The lowest BCUT2D eigenvalue weighted by Crippen LogP contribution is -2.30. The molecule has 0 bridgehead atoms. The van der Waals surface area contributed by atoms with Gasteiger partial charge in [0.25, 0.3) is 0 Å². The summed E-state index contributed by atoms with van der Waals surface area (Å²) in [5.41, 5.74) is 0. The molecule has 0 aliphatic carbocycles. The molecular weight excluding hydrogens is 937 g/mol. The summed E-state index contributed by atoms with van der Waals surface area (Å²) in [6.45, 7) is 6.37. The molecule has 0 N–H and O–H groups in total. The second-order valence-corrected chi connectivity index (χ2v) is 20.5. The first-order chi connectivity index (χ1) is 37.5. The molecule has 76 heavy (non-hydrogen) atoms. The highest BCUT2D eigenvalue weighted by Gasteiger charge is 2.19. The van der Waals surface area contributed by atoms with Crippen LogP contribution in [0, 0.1) is 0 Å². The van der Waals surface area contributed by atoms with Gasteiger partial charge in [-0.25, -0.2) is 0 Å². The van der Waals surface area contributed by atoms with Crippen molar-refractivity contribution >= 4 is 17.9 Å². The second kappa shape index (κ2) is 63.3. The van der Waals surface area contributed by atoms with Crippen LogP contribution in [0.1, 0.15) is 284 Å². The third-order valence-corrected chi connectivity index (χ3v) is 13.2. The Balaban J connectivity index is 4.42. The number of hydrogen-bond donors (Lipinski definition) is 0. The SMILES string of the molecule is CC/C=C\C/C=C\C/C=C\C/C=C\C/C=C\CCCC(=O)OC(COC(=O)CCCCCCC/C=C\CCCCCCCCC)COC(=O)CCCCCCCCCCCCCC/C=C\C/C=C\C/C=C\C/C=C\CC. The molecule has 0 fully saturated rings. The number of esters is 3. The van der Waals surface area contributed by atoms with Gasteiger partial charge in [-0.05, 0) is 122 Å². The van der Waals surface area contributed by atoms with Crippen molar-refractivity contribution in [3.05, 3.63) is 122 Å². The Kier molecular flexibility index (Phi) is 59.9. The molecule has 432 valence electrons. The first-order valence-electron chi connectivity index (χ1n) is 31.5. The van der Waals surface area contributed by atoms with E-state index in [-0.39, 0.29) is 37.5 Å². The molecule has 0 radical (unpaired) electrons. The highest BCUT2D eigenvalue weighted by molar-refractivity contribution is 5.71. The highest BCUT2D eigenvalue weighted by Crippen LogP contribution is 2.15. The number of ether oxygens (including phenoxy) is 3. The van der Waals surface area contributed by atoms with Gasteiger partial charge < -0.3 is 14.2 Å². The fourth-order valence-corrected chi connectivity index (χ4v) is 8.52. The predicted octanol–water partition coefficient (Wildman–Crippen LogP) is 21.6. The Labute approximate surface area is 469 Å². The quantitative estimate of drug-likeness (QED) is 0.0261. The third-order valence-electron chi connectivity index (χ3n) is 13.2. The lowest BCUT2D eigenvalue weighted by Gasteiger charge is -2.18. The molecular formula is C70H116O6. The zero-order valence-electron chi connectivity index (χ0n) is 49.5. The standard InChI is InChI=1S/C70H116O6/c1-4-7-10-13-16-19-22-25-28-31-32-33-34-35-36-37-38-40-42-45-48-51-54-57-60-63-69(72)75-66-67(65-74-68(71)62-59-56-53-50-47-44-41-30-27-24-21-18-15-12-9-6-3)76-70(73)64-61-58-55-52-49-46-43-39-29-26-23-20-17-14-11-8-5-2/h7-8,10-11,16-17,19-20,25-26,28-30,32-33,41,43,46,52,55,67H,4-6,9,12-15,18,21-24,27,31,34-40,42,44-45,47-51,53-54,56-66H2,1-3H3/b10-7-,11-8-,19-16-,20-17-,28-25-,29-26-,33-32-,41-30-,46-43-,55-52-. The van der Waals surface area contributed by atoms with E-state index in [4.69, 9.17) is 14.2 Å². The second-order valence-electron chi connectivity index (χ2n) is 20.5. The zero-order chi connectivity index (χ0) is 55.0. The molecule has 6 heteroatoms. The van der Waals surface area contributed by atoms with Crippen LogP contribution in [-0.4, -0.2) is 37.2 Å². The molecule has 0 amide bonds. The normalized spacial score (nSPS) is 12.9. The predicted molar refractivity (Wildman–Crippen MR) is 330 cm³/mol. The summed E-state index contributed by atoms with van der Waals surface area (Å²) in [5.74, 6) is -0.971. The lowest BCUT2D eigenvalue weighted by atomic mass is 10.0. The maximum atomic E-state index is 12.9. The Morgan fingerprint density at radius 1 is 0.276 bits per heavy atom. The highest BCUT2D eigenvalue weighted by atomic mass is 16.6. The van der Waals surface area contributed by atoms with Crippen LogP contribution in [0.25, 0.3) is 0 Å². The minimum Gasteiger partial charge on any atom is -0.462 e. The average Bonchev–Trinajstić information content (AvgIpc) is 3.42. The summed E-state index contributed by atoms with van der Waals surface area (Å²) < 4.78 is 16.9. The van der Waals surface area contributed by atoms with Gasteiger partial charge in [0.2, 0.25) is 0 Å². The first kappa shape index (κ1) is 71.8. The summed E-state index contributed by atoms with van der Waals surface area (Å²) in [4.78, 5) is 38.3. The van der Waals surface area contributed by atoms with E-state index >= 15 is 0 Å². The van der Waals surface area contributed by atoms with Gasteiger partial charge in [0.1, 0.15) is 13.2 Å². The Morgan fingerprint density at radius 2 is 0.526 bits per heavy atom. The third kappa shape index (κ3) is 60.7. The van der Waals surface area contributed by atoms with Crippen LogP contribution in [0.15, 0.2) is 122 Å². The van der Waals surface area contributed by atoms with Crippen LogP contribution in [-0.2, 0) is 28.6 Å². The van der Waals surface area contributed by atoms with Crippen molar-refractivity contribution in [2.24, 2.45) is 0 Å². The van der Waals surface area contributed by atoms with Crippen molar-refractivity contribution in [1.82, 2.24) is 0 Å². The topological polar surface area (TPSA) is 78.9 Å². The van der Waals surface area contributed by atoms with Crippen LogP contribution in [0.4, 0.5) is 0 Å². The molecule has 0 saturated carbocycles. The van der Waals surface area contributed by atoms with Crippen LogP contribution in [0.3, 0.4) is 0 Å². The Hall–Kier alpha value is -4.19. The van der Waals surface area contributed by atoms with Gasteiger partial charge in [0.15, 0.2) is 6.10 Å². The summed E-state index contributed by atoms with van der Waals surface area (Å²) >= 11 is 0. The van der Waals surface area contributed by atoms with Gasteiger partial charge >= 0.3 is 17.9 Å². The van der Waals surface area contributed by atoms with Gasteiger partial charge in [-0.3, -0.25) is 14.4 Å². The van der Waals surface area contributed by atoms with E-state index in [0.29, 0.717) is 19.3 Å². The molecule has 0 aliphatic rings. The minimum atomic E-state index is -0.816. The fourth-order valence-electron chi connectivity index (χ4n) is 8.52. The molecule has 1 atom stereocenters. The first-order valence-corrected chi connectivity index (χ1v) is 31.5. The molecule has 0 aliphatic heterocycles. The molecule has 6 nitrogen and oxygen atoms in total. The van der Waals surface area contributed by atoms with Crippen molar-refractivity contribution in [2.45, 2.75) is 290 Å². The maximum Gasteiger partial charge on any atom is 0.306 e. The zero-order valence-corrected chi connectivity index (χ0v) is 49.5. The van der Waals surface area contributed by atoms with Gasteiger partial charge in [0, 0.05) is 19.3 Å². The van der Waals surface area contributed by atoms with Crippen molar-refractivity contribution in [3.8, 4) is 0 Å². The van der Waals surface area contributed by atoms with E-state index in [2.05, 4.69) is 142 Å². The van der Waals surface area contributed by atoms with Gasteiger partial charge in [-0.2, -0.15) is 0 Å². The molecule has 0 rings (SSSR count). The lowest BCUT2D eigenvalue weighted by molar-refractivity contribution is -0.167. The summed E-state index contributed by atoms with van der Waals surface area (Å²) in [5, 5.41) is 0. The minimum absolute atomic E-state index is 0.106. The van der Waals surface area contributed by atoms with Crippen LogP contribution < -0.4 is 0 Å². The van der Waals surface area contributed by atoms with Crippen molar-refractivity contribution < 1.29 is 28.6 Å². The monoisotopic (exact) mass is 1050 g/mol. The Bertz CT molecular complexity index is 1590. The van der Waals surface area contributed by atoms with Crippen LogP contribution in [0.2, 0.25) is 0 Å². The van der Waals surface area contributed by atoms with E-state index in [9.17, 15) is 14.4 Å². The number of carbonyl (C=O) groups is 3. The van der Waals surface area contributed by atoms with Crippen molar-refractivity contribution in [3.63, 3.8) is 0 Å². The fraction of sp³-hybridized carbons (Fsp3) is 0.671. The number of carbonyl (C=O) groups excluding carboxylic acids is 3. The van der Waals surface area contributed by atoms with E-state index < -0.39 is 6.10 Å². The van der Waals surface area contributed by atoms with Gasteiger partial charge in [0.05, 0.1) is 0 Å². The van der Waals surface area contributed by atoms with Gasteiger partial charge in [-0.15, -0.1) is 0 Å². The molecule has 0 saturated heterocycles. The largest absolute Gasteiger partial charge is 0.462 e. The molecule has 0 aromatic heterocycles. The van der Waals surface area contributed by atoms with E-state index in [1.807, 2.05) is 0 Å². The number of rotatable bonds is 56. The van der Waals surface area contributed by atoms with Crippen LogP contribution in [0.5, 0.6) is 0 Å². The summed E-state index contributed by atoms with van der Waals surface area (Å²) in [7, 11) is 0. The van der Waals surface area contributed by atoms with E-state index in [1.54, 1.807) is 0 Å². The van der Waals surface area contributed by atoms with Crippen molar-refractivity contribution in [1.29, 1.82) is 0 Å². The number of allylic oxidation sites excluding steroid dienone is 20. The van der Waals surface area contributed by atoms with Crippen molar-refractivity contribution in [2.75, 3.05) is 13.2 Å². The maximum absolute atomic E-state index is 12.9. The summed E-state index contributed by atoms with van der Waals surface area (Å²) in [6.07, 6.45) is 87.8. The smallest absolute Gasteiger partial charge is 0.306 e. The van der Waals surface area contributed by atoms with Crippen LogP contribution >= 0.6 is 0 Å². The molecule has 0 aromatic rings. The number of hydrogen-bond acceptors (Lipinski definition) is 6. The molecule has 0 heterocycles. The molecule has 0 aromatic carbocycles. The molecule has 0 spiro atoms. The van der Waals surface area contributed by atoms with Gasteiger partial charge in [-0.1, -0.05) is 264 Å². The van der Waals surface area contributed by atoms with E-state index in [1.165, 1.54) is 122 Å². The number of unbranched alkanes of at least 4 members (excludes halogenated alkanes) is 25. The summed E-state index contributed by atoms with van der Waals surface area (Å²) in [6, 6.07) is 0. The van der Waals surface area contributed by atoms with E-state index in [0.717, 1.165) is 116 Å². The molecule has 1 unspecified atom stereocenters. The average molecular weight is 1050 g/mol. The Morgan fingerprint density at radius 3 is 0.855 bits per heavy atom.